The van der Waals surface area contributed by atoms with Crippen LogP contribution < -0.4 is 17.0 Å². The fourth-order valence-corrected chi connectivity index (χ4v) is 3.16. The van der Waals surface area contributed by atoms with Gasteiger partial charge in [0.1, 0.15) is 5.52 Å². The van der Waals surface area contributed by atoms with E-state index in [1.807, 2.05) is 30.3 Å². The molecule has 0 fully saturated rings. The van der Waals surface area contributed by atoms with Gasteiger partial charge in [-0.15, -0.1) is 0 Å². The first-order valence-electron chi connectivity index (χ1n) is 7.21. The van der Waals surface area contributed by atoms with Crippen molar-refractivity contribution in [1.82, 2.24) is 4.40 Å². The van der Waals surface area contributed by atoms with Gasteiger partial charge in [0.05, 0.1) is 11.5 Å². The third-order valence-electron chi connectivity index (χ3n) is 4.11. The molecule has 2 aromatic heterocycles. The Hall–Kier alpha value is -2.66. The molecule has 4 aromatic rings. The summed E-state index contributed by atoms with van der Waals surface area (Å²) in [4.78, 5) is 10.6. The molecule has 6 heteroatoms. The molecular weight excluding hydrogens is 314 g/mol. The van der Waals surface area contributed by atoms with Crippen molar-refractivity contribution in [2.75, 3.05) is 0 Å². The van der Waals surface area contributed by atoms with E-state index in [9.17, 15) is 10.1 Å². The first-order chi connectivity index (χ1) is 10.7. The van der Waals surface area contributed by atoms with Gasteiger partial charge >= 0.3 is 0 Å². The largest absolute Gasteiger partial charge is 1.00 e. The van der Waals surface area contributed by atoms with Crippen molar-refractivity contribution in [3.8, 4) is 0 Å². The first-order valence-corrected chi connectivity index (χ1v) is 7.21. The summed E-state index contributed by atoms with van der Waals surface area (Å²) in [6, 6.07) is 17.2. The second-order valence-corrected chi connectivity index (χ2v) is 5.26. The fraction of sp³-hybridized carbons (Fsp3) is 0.118. The van der Waals surface area contributed by atoms with Crippen LogP contribution in [0, 0.1) is 10.1 Å². The Kier molecular flexibility index (Phi) is 3.66. The van der Waals surface area contributed by atoms with Crippen molar-refractivity contribution in [3.63, 3.8) is 0 Å². The molecule has 0 radical (unpaired) electrons. The van der Waals surface area contributed by atoms with Gasteiger partial charge < -0.3 is 12.4 Å². The van der Waals surface area contributed by atoms with E-state index in [1.165, 1.54) is 0 Å². The lowest BCUT2D eigenvalue weighted by Gasteiger charge is -1.98. The van der Waals surface area contributed by atoms with Gasteiger partial charge in [-0.3, -0.25) is 10.1 Å². The molecule has 23 heavy (non-hydrogen) atoms. The maximum atomic E-state index is 11.0. The molecule has 2 heterocycles. The number of aromatic nitrogens is 2. The summed E-state index contributed by atoms with van der Waals surface area (Å²) in [5.74, 6) is 0. The zero-order chi connectivity index (χ0) is 15.3. The Balaban J connectivity index is 0.00000156. The summed E-state index contributed by atoms with van der Waals surface area (Å²) in [6.07, 6.45) is 0. The lowest BCUT2D eigenvalue weighted by atomic mass is 10.2. The fourth-order valence-electron chi connectivity index (χ4n) is 3.16. The number of hydrogen-bond donors (Lipinski definition) is 0. The number of halogens is 1. The van der Waals surface area contributed by atoms with E-state index in [4.69, 9.17) is 0 Å². The highest BCUT2D eigenvalue weighted by atomic mass is 35.5. The van der Waals surface area contributed by atoms with Crippen molar-refractivity contribution in [3.05, 3.63) is 64.7 Å². The van der Waals surface area contributed by atoms with E-state index in [2.05, 4.69) is 28.0 Å². The molecule has 5 nitrogen and oxygen atoms in total. The van der Waals surface area contributed by atoms with Gasteiger partial charge in [-0.05, 0) is 31.2 Å². The number of nitrogens with zero attached hydrogens (tertiary/aromatic N) is 3. The van der Waals surface area contributed by atoms with Crippen LogP contribution in [0.15, 0.2) is 54.6 Å². The Morgan fingerprint density at radius 1 is 1.09 bits per heavy atom. The summed E-state index contributed by atoms with van der Waals surface area (Å²) < 4.78 is 4.41. The Labute approximate surface area is 138 Å². The highest BCUT2D eigenvalue weighted by molar-refractivity contribution is 5.89. The lowest BCUT2D eigenvalue weighted by Crippen LogP contribution is -3.00. The predicted molar refractivity (Wildman–Crippen MR) is 84.9 cm³/mol. The molecule has 0 aliphatic heterocycles. The molecule has 0 aliphatic carbocycles. The number of pyridine rings is 1. The predicted octanol–water partition coefficient (Wildman–Crippen LogP) is 0.465. The van der Waals surface area contributed by atoms with E-state index >= 15 is 0 Å². The minimum absolute atomic E-state index is 0. The minimum Gasteiger partial charge on any atom is -1.00 e. The van der Waals surface area contributed by atoms with Gasteiger partial charge in [-0.1, -0.05) is 12.1 Å². The Morgan fingerprint density at radius 2 is 1.87 bits per heavy atom. The quantitative estimate of drug-likeness (QED) is 0.305. The number of aryl methyl sites for hydroxylation is 1. The highest BCUT2D eigenvalue weighted by Crippen LogP contribution is 2.25. The Morgan fingerprint density at radius 3 is 2.61 bits per heavy atom. The molecule has 2 aromatic carbocycles. The number of rotatable bonds is 2. The number of non-ortho nitro benzene ring substituents is 1. The van der Waals surface area contributed by atoms with Gasteiger partial charge in [0.25, 0.3) is 11.3 Å². The number of benzene rings is 2. The highest BCUT2D eigenvalue weighted by Gasteiger charge is 2.20. The van der Waals surface area contributed by atoms with Crippen LogP contribution in [0.5, 0.6) is 0 Å². The molecule has 0 unspecified atom stereocenters. The van der Waals surface area contributed by atoms with E-state index in [0.717, 1.165) is 34.1 Å². The zero-order valence-electron chi connectivity index (χ0n) is 12.4. The van der Waals surface area contributed by atoms with Crippen LogP contribution in [0.2, 0.25) is 0 Å². The molecule has 0 N–H and O–H groups in total. The monoisotopic (exact) mass is 327 g/mol. The van der Waals surface area contributed by atoms with Crippen LogP contribution in [-0.2, 0) is 6.54 Å². The molecule has 0 bridgehead atoms. The van der Waals surface area contributed by atoms with Crippen LogP contribution >= 0.6 is 0 Å². The van der Waals surface area contributed by atoms with Crippen molar-refractivity contribution < 1.29 is 21.9 Å². The number of hydrogen-bond acceptors (Lipinski definition) is 2. The number of nitro benzene ring substituents is 1. The maximum absolute atomic E-state index is 11.0. The molecule has 0 aliphatic rings. The van der Waals surface area contributed by atoms with Crippen molar-refractivity contribution in [2.45, 2.75) is 13.5 Å². The summed E-state index contributed by atoms with van der Waals surface area (Å²) in [5.41, 5.74) is 4.46. The maximum Gasteiger partial charge on any atom is 0.287 e. The molecule has 0 amide bonds. The average Bonchev–Trinajstić information content (AvgIpc) is 2.88. The normalized spacial score (nSPS) is 11.0. The van der Waals surface area contributed by atoms with Gasteiger partial charge in [0.15, 0.2) is 11.0 Å². The molecule has 0 saturated carbocycles. The van der Waals surface area contributed by atoms with Crippen molar-refractivity contribution in [2.24, 2.45) is 0 Å². The molecule has 0 spiro atoms. The number of imidazole rings is 1. The van der Waals surface area contributed by atoms with Crippen LogP contribution in [0.1, 0.15) is 6.92 Å². The molecule has 116 valence electrons. The lowest BCUT2D eigenvalue weighted by molar-refractivity contribution is -0.642. The van der Waals surface area contributed by atoms with Gasteiger partial charge in [-0.2, -0.15) is 4.40 Å². The van der Waals surface area contributed by atoms with Crippen molar-refractivity contribution >= 4 is 33.3 Å². The second-order valence-electron chi connectivity index (χ2n) is 5.26. The smallest absolute Gasteiger partial charge is 0.287 e. The van der Waals surface area contributed by atoms with E-state index in [1.54, 1.807) is 12.1 Å². The molecule has 0 atom stereocenters. The number of fused-ring (bicyclic) bond motifs is 5. The third-order valence-corrected chi connectivity index (χ3v) is 4.11. The van der Waals surface area contributed by atoms with E-state index in [0.29, 0.717) is 0 Å². The van der Waals surface area contributed by atoms with Crippen LogP contribution in [0.4, 0.5) is 5.69 Å². The number of para-hydroxylation sites is 2. The molecular formula is C17H14ClN3O2. The molecule has 0 saturated heterocycles. The van der Waals surface area contributed by atoms with Gasteiger partial charge in [0.2, 0.25) is 0 Å². The second kappa shape index (κ2) is 5.52. The minimum atomic E-state index is -0.358. The van der Waals surface area contributed by atoms with Crippen LogP contribution in [-0.4, -0.2) is 9.32 Å². The Bertz CT molecular complexity index is 1060. The summed E-state index contributed by atoms with van der Waals surface area (Å²) in [5, 5.41) is 11.8. The standard InChI is InChI=1S/C17H14N3O2.ClH/c1-2-18-15-5-3-4-6-16(15)19-14-9-8-13(20(21)22)11-12(14)7-10-17(18)19;/h3-11H,2H2,1H3;1H/q+1;/p-1. The summed E-state index contributed by atoms with van der Waals surface area (Å²) in [7, 11) is 0. The summed E-state index contributed by atoms with van der Waals surface area (Å²) in [6.45, 7) is 2.99. The summed E-state index contributed by atoms with van der Waals surface area (Å²) >= 11 is 0. The SMILES string of the molecule is CC[n+]1c2ccccc2n2c3ccc([N+](=O)[O-])cc3ccc21.[Cl-]. The van der Waals surface area contributed by atoms with Crippen LogP contribution in [0.25, 0.3) is 27.6 Å². The van der Waals surface area contributed by atoms with Crippen LogP contribution in [0.3, 0.4) is 0 Å². The van der Waals surface area contributed by atoms with Gasteiger partial charge in [0, 0.05) is 23.6 Å². The van der Waals surface area contributed by atoms with E-state index < -0.39 is 0 Å². The zero-order valence-corrected chi connectivity index (χ0v) is 13.2. The molecule has 4 rings (SSSR count). The van der Waals surface area contributed by atoms with Crippen molar-refractivity contribution in [1.29, 1.82) is 0 Å². The number of nitro groups is 1. The first kappa shape index (κ1) is 15.2. The third kappa shape index (κ3) is 2.12. The topological polar surface area (TPSA) is 51.4 Å². The average molecular weight is 328 g/mol. The van der Waals surface area contributed by atoms with Gasteiger partial charge in [-0.25, -0.2) is 4.57 Å². The van der Waals surface area contributed by atoms with E-state index in [-0.39, 0.29) is 23.0 Å².